The fourth-order valence-corrected chi connectivity index (χ4v) is 5.42. The van der Waals surface area contributed by atoms with Crippen LogP contribution < -0.4 is 5.73 Å². The van der Waals surface area contributed by atoms with Gasteiger partial charge in [-0.05, 0) is 79.6 Å². The van der Waals surface area contributed by atoms with Gasteiger partial charge in [0.05, 0.1) is 10.1 Å². The highest BCUT2D eigenvalue weighted by molar-refractivity contribution is 7.92. The molecule has 2 N–H and O–H groups in total. The van der Waals surface area contributed by atoms with E-state index in [1.807, 2.05) is 13.8 Å². The van der Waals surface area contributed by atoms with Crippen molar-refractivity contribution < 1.29 is 13.2 Å². The van der Waals surface area contributed by atoms with Crippen molar-refractivity contribution in [2.45, 2.75) is 43.3 Å². The molecule has 0 spiro atoms. The SMILES string of the molecule is Cc1c(C)c(C=O)c2c(c1N)CC(S(=O)(=O)c1ccc(Cl)cc1)CC2. The Kier molecular flexibility index (Phi) is 4.64. The van der Waals surface area contributed by atoms with Crippen LogP contribution in [0, 0.1) is 13.8 Å². The number of hydrogen-bond acceptors (Lipinski definition) is 4. The number of nitrogens with two attached hydrogens (primary N) is 1. The highest BCUT2D eigenvalue weighted by Crippen LogP contribution is 2.37. The largest absolute Gasteiger partial charge is 0.398 e. The molecule has 2 aromatic rings. The van der Waals surface area contributed by atoms with E-state index in [1.54, 1.807) is 12.1 Å². The lowest BCUT2D eigenvalue weighted by Gasteiger charge is -2.28. The number of carbonyl (C=O) groups is 1. The van der Waals surface area contributed by atoms with Gasteiger partial charge in [-0.25, -0.2) is 8.42 Å². The van der Waals surface area contributed by atoms with Gasteiger partial charge in [0.15, 0.2) is 16.1 Å². The maximum atomic E-state index is 13.0. The first-order valence-electron chi connectivity index (χ1n) is 8.12. The number of halogens is 1. The topological polar surface area (TPSA) is 77.2 Å². The van der Waals surface area contributed by atoms with Crippen molar-refractivity contribution in [1.82, 2.24) is 0 Å². The third-order valence-electron chi connectivity index (χ3n) is 5.23. The van der Waals surface area contributed by atoms with Crippen LogP contribution in [0.2, 0.25) is 5.02 Å². The highest BCUT2D eigenvalue weighted by Gasteiger charge is 2.34. The average molecular weight is 378 g/mol. The monoisotopic (exact) mass is 377 g/mol. The van der Waals surface area contributed by atoms with Crippen molar-refractivity contribution in [1.29, 1.82) is 0 Å². The van der Waals surface area contributed by atoms with Crippen LogP contribution in [0.25, 0.3) is 0 Å². The van der Waals surface area contributed by atoms with Crippen molar-refractivity contribution in [2.24, 2.45) is 0 Å². The number of hydrogen-bond donors (Lipinski definition) is 1. The Morgan fingerprint density at radius 3 is 2.36 bits per heavy atom. The second-order valence-corrected chi connectivity index (χ2v) is 9.18. The zero-order valence-electron chi connectivity index (χ0n) is 14.2. The minimum Gasteiger partial charge on any atom is -0.398 e. The number of rotatable bonds is 3. The van der Waals surface area contributed by atoms with E-state index in [-0.39, 0.29) is 4.90 Å². The van der Waals surface area contributed by atoms with Crippen LogP contribution in [0.3, 0.4) is 0 Å². The van der Waals surface area contributed by atoms with Gasteiger partial charge >= 0.3 is 0 Å². The quantitative estimate of drug-likeness (QED) is 0.653. The predicted octanol–water partition coefficient (Wildman–Crippen LogP) is 3.68. The summed E-state index contributed by atoms with van der Waals surface area (Å²) in [5.41, 5.74) is 11.0. The van der Waals surface area contributed by atoms with E-state index in [0.717, 1.165) is 28.5 Å². The molecule has 0 aliphatic heterocycles. The molecule has 0 heterocycles. The van der Waals surface area contributed by atoms with E-state index >= 15 is 0 Å². The number of benzene rings is 2. The third-order valence-corrected chi connectivity index (χ3v) is 7.69. The predicted molar refractivity (Wildman–Crippen MR) is 100 cm³/mol. The van der Waals surface area contributed by atoms with Gasteiger partial charge in [0, 0.05) is 16.3 Å². The number of fused-ring (bicyclic) bond motifs is 1. The summed E-state index contributed by atoms with van der Waals surface area (Å²) >= 11 is 5.86. The molecule has 132 valence electrons. The second kappa shape index (κ2) is 6.46. The van der Waals surface area contributed by atoms with Crippen molar-refractivity contribution in [2.75, 3.05) is 5.73 Å². The second-order valence-electron chi connectivity index (χ2n) is 6.52. The first-order valence-corrected chi connectivity index (χ1v) is 10.0. The van der Waals surface area contributed by atoms with Gasteiger partial charge in [-0.2, -0.15) is 0 Å². The summed E-state index contributed by atoms with van der Waals surface area (Å²) < 4.78 is 25.9. The molecular weight excluding hydrogens is 358 g/mol. The summed E-state index contributed by atoms with van der Waals surface area (Å²) in [6.07, 6.45) is 2.19. The molecule has 0 aromatic heterocycles. The van der Waals surface area contributed by atoms with Crippen LogP contribution in [0.4, 0.5) is 5.69 Å². The molecule has 1 unspecified atom stereocenters. The molecule has 0 saturated heterocycles. The van der Waals surface area contributed by atoms with Crippen molar-refractivity contribution in [3.63, 3.8) is 0 Å². The number of carbonyl (C=O) groups excluding carboxylic acids is 1. The highest BCUT2D eigenvalue weighted by atomic mass is 35.5. The molecule has 0 saturated carbocycles. The normalized spacial score (nSPS) is 17.2. The minimum absolute atomic E-state index is 0.267. The van der Waals surface area contributed by atoms with Crippen molar-refractivity contribution >= 4 is 33.4 Å². The summed E-state index contributed by atoms with van der Waals surface area (Å²) in [7, 11) is -3.48. The Balaban J connectivity index is 2.05. The molecule has 1 atom stereocenters. The summed E-state index contributed by atoms with van der Waals surface area (Å²) in [4.78, 5) is 11.8. The summed E-state index contributed by atoms with van der Waals surface area (Å²) in [6, 6.07) is 6.23. The van der Waals surface area contributed by atoms with Gasteiger partial charge in [0.2, 0.25) is 0 Å². The molecule has 0 amide bonds. The summed E-state index contributed by atoms with van der Waals surface area (Å²) in [5, 5.41) is -0.0519. The maximum absolute atomic E-state index is 13.0. The Morgan fingerprint density at radius 2 is 1.76 bits per heavy atom. The Hall–Kier alpha value is -1.85. The third kappa shape index (κ3) is 2.96. The average Bonchev–Trinajstić information content (AvgIpc) is 2.60. The first kappa shape index (κ1) is 18.0. The lowest BCUT2D eigenvalue weighted by Crippen LogP contribution is -2.30. The van der Waals surface area contributed by atoms with Crippen molar-refractivity contribution in [3.8, 4) is 0 Å². The molecule has 1 aliphatic carbocycles. The molecule has 25 heavy (non-hydrogen) atoms. The van der Waals surface area contributed by atoms with Crippen molar-refractivity contribution in [3.05, 3.63) is 57.1 Å². The van der Waals surface area contributed by atoms with Crippen LogP contribution >= 0.6 is 11.6 Å². The van der Waals surface area contributed by atoms with Gasteiger partial charge in [-0.3, -0.25) is 4.79 Å². The Bertz CT molecular complexity index is 950. The molecule has 0 bridgehead atoms. The lowest BCUT2D eigenvalue weighted by atomic mass is 9.83. The first-order chi connectivity index (χ1) is 11.8. The molecular formula is C19H20ClNO3S. The van der Waals surface area contributed by atoms with E-state index in [2.05, 4.69) is 0 Å². The minimum atomic E-state index is -3.48. The van der Waals surface area contributed by atoms with Gasteiger partial charge in [0.25, 0.3) is 0 Å². The molecule has 4 nitrogen and oxygen atoms in total. The van der Waals surface area contributed by atoms with Crippen LogP contribution in [0.5, 0.6) is 0 Å². The molecule has 0 radical (unpaired) electrons. The number of anilines is 1. The van der Waals surface area contributed by atoms with E-state index in [9.17, 15) is 13.2 Å². The lowest BCUT2D eigenvalue weighted by molar-refractivity contribution is 0.112. The molecule has 6 heteroatoms. The fraction of sp³-hybridized carbons (Fsp3) is 0.316. The standard InChI is InChI=1S/C19H20ClNO3S/c1-11-12(2)19(21)17-9-15(7-8-16(17)18(11)10-22)25(23,24)14-5-3-13(20)4-6-14/h3-6,10,15H,7-9,21H2,1-2H3. The zero-order valence-corrected chi connectivity index (χ0v) is 15.7. The smallest absolute Gasteiger partial charge is 0.181 e. The van der Waals surface area contributed by atoms with Crippen LogP contribution in [0.1, 0.15) is 39.0 Å². The van der Waals surface area contributed by atoms with Gasteiger partial charge < -0.3 is 5.73 Å². The molecule has 3 rings (SSSR count). The van der Waals surface area contributed by atoms with Crippen LogP contribution in [-0.4, -0.2) is 20.0 Å². The van der Waals surface area contributed by atoms with E-state index in [0.29, 0.717) is 35.5 Å². The summed E-state index contributed by atoms with van der Waals surface area (Å²) in [5.74, 6) is 0. The number of nitrogen functional groups attached to an aromatic ring is 1. The Morgan fingerprint density at radius 1 is 1.12 bits per heavy atom. The van der Waals surface area contributed by atoms with Crippen LogP contribution in [0.15, 0.2) is 29.2 Å². The zero-order chi connectivity index (χ0) is 18.4. The van der Waals surface area contributed by atoms with E-state index < -0.39 is 15.1 Å². The molecule has 0 fully saturated rings. The van der Waals surface area contributed by atoms with Crippen LogP contribution in [-0.2, 0) is 22.7 Å². The summed E-state index contributed by atoms with van der Waals surface area (Å²) in [6.45, 7) is 3.75. The number of aldehydes is 1. The maximum Gasteiger partial charge on any atom is 0.181 e. The fourth-order valence-electron chi connectivity index (χ4n) is 3.58. The Labute approximate surface area is 152 Å². The van der Waals surface area contributed by atoms with Gasteiger partial charge in [-0.1, -0.05) is 11.6 Å². The van der Waals surface area contributed by atoms with E-state index in [4.69, 9.17) is 17.3 Å². The van der Waals surface area contributed by atoms with Gasteiger partial charge in [0.1, 0.15) is 0 Å². The molecule has 2 aromatic carbocycles. The van der Waals surface area contributed by atoms with Gasteiger partial charge in [-0.15, -0.1) is 0 Å². The number of sulfone groups is 1. The molecule has 1 aliphatic rings. The van der Waals surface area contributed by atoms with E-state index in [1.165, 1.54) is 12.1 Å².